The van der Waals surface area contributed by atoms with Crippen LogP contribution in [0.3, 0.4) is 0 Å². The number of aromatic nitrogens is 2. The van der Waals surface area contributed by atoms with Gasteiger partial charge in [-0.15, -0.1) is 0 Å². The van der Waals surface area contributed by atoms with Crippen molar-refractivity contribution in [3.05, 3.63) is 18.2 Å². The number of methoxy groups -OCH3 is 2. The molecule has 1 aliphatic rings. The second kappa shape index (κ2) is 5.50. The first-order valence-electron chi connectivity index (χ1n) is 6.68. The normalized spacial score (nSPS) is 15.4. The monoisotopic (exact) mass is 274 g/mol. The summed E-state index contributed by atoms with van der Waals surface area (Å²) >= 11 is 0. The molecule has 106 valence electrons. The van der Waals surface area contributed by atoms with Gasteiger partial charge >= 0.3 is 0 Å². The minimum absolute atomic E-state index is 0.586. The Bertz CT molecular complexity index is 611. The van der Waals surface area contributed by atoms with E-state index in [9.17, 15) is 0 Å². The average molecular weight is 274 g/mol. The van der Waals surface area contributed by atoms with Gasteiger partial charge in [-0.2, -0.15) is 4.98 Å². The third-order valence-electron chi connectivity index (χ3n) is 3.46. The van der Waals surface area contributed by atoms with E-state index in [1.807, 2.05) is 18.2 Å². The Balaban J connectivity index is 2.13. The maximum absolute atomic E-state index is 5.41. The lowest BCUT2D eigenvalue weighted by atomic mass is 10.2. The summed E-state index contributed by atoms with van der Waals surface area (Å²) in [5, 5.41) is 4.19. The van der Waals surface area contributed by atoms with Crippen molar-refractivity contribution in [2.45, 2.75) is 0 Å². The smallest absolute Gasteiger partial charge is 0.229 e. The predicted molar refractivity (Wildman–Crippen MR) is 77.7 cm³/mol. The quantitative estimate of drug-likeness (QED) is 0.903. The van der Waals surface area contributed by atoms with Crippen LogP contribution < -0.4 is 19.7 Å². The van der Waals surface area contributed by atoms with E-state index in [1.165, 1.54) is 0 Å². The van der Waals surface area contributed by atoms with Crippen LogP contribution in [0.15, 0.2) is 18.2 Å². The number of piperazine rings is 1. The van der Waals surface area contributed by atoms with E-state index in [2.05, 4.69) is 20.2 Å². The Hall–Kier alpha value is -2.08. The number of rotatable bonds is 3. The molecule has 0 unspecified atom stereocenters. The van der Waals surface area contributed by atoms with Gasteiger partial charge in [0.2, 0.25) is 11.8 Å². The molecule has 20 heavy (non-hydrogen) atoms. The second-order valence-corrected chi connectivity index (χ2v) is 4.63. The number of fused-ring (bicyclic) bond motifs is 1. The molecule has 0 aliphatic carbocycles. The fourth-order valence-electron chi connectivity index (χ4n) is 2.41. The highest BCUT2D eigenvalue weighted by Crippen LogP contribution is 2.31. The van der Waals surface area contributed by atoms with Gasteiger partial charge < -0.3 is 19.7 Å². The predicted octanol–water partition coefficient (Wildman–Crippen LogP) is 1.06. The third-order valence-corrected chi connectivity index (χ3v) is 3.46. The minimum atomic E-state index is 0.586. The van der Waals surface area contributed by atoms with E-state index in [1.54, 1.807) is 14.2 Å². The topological polar surface area (TPSA) is 59.5 Å². The molecule has 0 saturated carbocycles. The summed E-state index contributed by atoms with van der Waals surface area (Å²) in [6, 6.07) is 5.76. The molecule has 6 nitrogen and oxygen atoms in total. The molecule has 2 heterocycles. The average Bonchev–Trinajstić information content (AvgIpc) is 2.54. The fourth-order valence-corrected chi connectivity index (χ4v) is 2.41. The summed E-state index contributed by atoms with van der Waals surface area (Å²) < 4.78 is 10.8. The van der Waals surface area contributed by atoms with Crippen molar-refractivity contribution in [2.24, 2.45) is 0 Å². The third kappa shape index (κ3) is 2.22. The van der Waals surface area contributed by atoms with Crippen molar-refractivity contribution >= 4 is 16.9 Å². The van der Waals surface area contributed by atoms with Crippen molar-refractivity contribution in [2.75, 3.05) is 45.3 Å². The van der Waals surface area contributed by atoms with Crippen LogP contribution in [0.4, 0.5) is 5.95 Å². The molecular formula is C14H18N4O2. The van der Waals surface area contributed by atoms with Crippen molar-refractivity contribution < 1.29 is 9.47 Å². The lowest BCUT2D eigenvalue weighted by Crippen LogP contribution is -2.44. The van der Waals surface area contributed by atoms with Crippen molar-refractivity contribution in [1.29, 1.82) is 0 Å². The Labute approximate surface area is 117 Å². The molecular weight excluding hydrogens is 256 g/mol. The molecule has 1 aromatic carbocycles. The number of ether oxygens (including phenoxy) is 2. The number of para-hydroxylation sites is 1. The van der Waals surface area contributed by atoms with Crippen LogP contribution in [0.2, 0.25) is 0 Å². The van der Waals surface area contributed by atoms with Gasteiger partial charge in [-0.25, -0.2) is 4.98 Å². The summed E-state index contributed by atoms with van der Waals surface area (Å²) in [6.45, 7) is 3.67. The largest absolute Gasteiger partial charge is 0.494 e. The molecule has 1 aliphatic heterocycles. The zero-order valence-corrected chi connectivity index (χ0v) is 11.7. The molecule has 0 radical (unpaired) electrons. The Kier molecular flexibility index (Phi) is 3.56. The number of nitrogens with one attached hydrogen (secondary N) is 1. The van der Waals surface area contributed by atoms with Crippen LogP contribution in [0.25, 0.3) is 10.9 Å². The van der Waals surface area contributed by atoms with Crippen LogP contribution in [0.1, 0.15) is 0 Å². The van der Waals surface area contributed by atoms with E-state index < -0.39 is 0 Å². The summed E-state index contributed by atoms with van der Waals surface area (Å²) in [5.74, 6) is 2.02. The van der Waals surface area contributed by atoms with Gasteiger partial charge in [0.1, 0.15) is 11.3 Å². The van der Waals surface area contributed by atoms with Crippen LogP contribution in [-0.4, -0.2) is 50.4 Å². The molecule has 1 saturated heterocycles. The van der Waals surface area contributed by atoms with E-state index in [-0.39, 0.29) is 0 Å². The first-order chi connectivity index (χ1) is 9.83. The van der Waals surface area contributed by atoms with Crippen LogP contribution in [0.5, 0.6) is 11.6 Å². The Morgan fingerprint density at radius 1 is 1.10 bits per heavy atom. The minimum Gasteiger partial charge on any atom is -0.494 e. The second-order valence-electron chi connectivity index (χ2n) is 4.63. The number of hydrogen-bond donors (Lipinski definition) is 1. The van der Waals surface area contributed by atoms with Crippen LogP contribution in [0, 0.1) is 0 Å². The lowest BCUT2D eigenvalue weighted by Gasteiger charge is -2.27. The van der Waals surface area contributed by atoms with E-state index in [0.717, 1.165) is 42.8 Å². The van der Waals surface area contributed by atoms with Crippen LogP contribution in [-0.2, 0) is 0 Å². The molecule has 0 atom stereocenters. The summed E-state index contributed by atoms with van der Waals surface area (Å²) in [7, 11) is 3.27. The van der Waals surface area contributed by atoms with Gasteiger partial charge in [-0.3, -0.25) is 0 Å². The molecule has 2 aromatic rings. The van der Waals surface area contributed by atoms with Crippen molar-refractivity contribution in [3.63, 3.8) is 0 Å². The van der Waals surface area contributed by atoms with Crippen molar-refractivity contribution in [3.8, 4) is 11.6 Å². The highest BCUT2D eigenvalue weighted by molar-refractivity contribution is 5.89. The standard InChI is InChI=1S/C14H18N4O2/c1-19-11-5-3-4-10-12(11)16-14(17-13(10)20-2)18-8-6-15-7-9-18/h3-5,15H,6-9H2,1-2H3. The molecule has 1 aromatic heterocycles. The number of benzene rings is 1. The zero-order valence-electron chi connectivity index (χ0n) is 11.7. The fraction of sp³-hybridized carbons (Fsp3) is 0.429. The molecule has 3 rings (SSSR count). The molecule has 0 amide bonds. The Morgan fingerprint density at radius 2 is 1.90 bits per heavy atom. The summed E-state index contributed by atoms with van der Waals surface area (Å²) in [6.07, 6.45) is 0. The van der Waals surface area contributed by atoms with Gasteiger partial charge in [0.05, 0.1) is 19.6 Å². The number of anilines is 1. The van der Waals surface area contributed by atoms with Gasteiger partial charge in [0, 0.05) is 26.2 Å². The zero-order chi connectivity index (χ0) is 13.9. The molecule has 0 bridgehead atoms. The number of hydrogen-bond acceptors (Lipinski definition) is 6. The van der Waals surface area contributed by atoms with Gasteiger partial charge in [0.15, 0.2) is 0 Å². The highest BCUT2D eigenvalue weighted by atomic mass is 16.5. The Morgan fingerprint density at radius 3 is 2.60 bits per heavy atom. The number of nitrogens with zero attached hydrogens (tertiary/aromatic N) is 3. The molecule has 6 heteroatoms. The van der Waals surface area contributed by atoms with E-state index >= 15 is 0 Å². The first kappa shape index (κ1) is 12.9. The SMILES string of the molecule is COc1nc(N2CCNCC2)nc2c(OC)cccc12. The molecule has 1 fully saturated rings. The van der Waals surface area contributed by atoms with E-state index in [4.69, 9.17) is 9.47 Å². The molecule has 1 N–H and O–H groups in total. The van der Waals surface area contributed by atoms with E-state index in [0.29, 0.717) is 11.8 Å². The van der Waals surface area contributed by atoms with Gasteiger partial charge in [-0.1, -0.05) is 6.07 Å². The summed E-state index contributed by atoms with van der Waals surface area (Å²) in [4.78, 5) is 11.3. The van der Waals surface area contributed by atoms with Crippen LogP contribution >= 0.6 is 0 Å². The maximum atomic E-state index is 5.41. The summed E-state index contributed by atoms with van der Waals surface area (Å²) in [5.41, 5.74) is 0.787. The molecule has 0 spiro atoms. The van der Waals surface area contributed by atoms with Gasteiger partial charge in [0.25, 0.3) is 0 Å². The van der Waals surface area contributed by atoms with Crippen molar-refractivity contribution in [1.82, 2.24) is 15.3 Å². The van der Waals surface area contributed by atoms with Gasteiger partial charge in [-0.05, 0) is 12.1 Å². The maximum Gasteiger partial charge on any atom is 0.229 e. The first-order valence-corrected chi connectivity index (χ1v) is 6.68. The highest BCUT2D eigenvalue weighted by Gasteiger charge is 2.17. The lowest BCUT2D eigenvalue weighted by molar-refractivity contribution is 0.400.